The smallest absolute Gasteiger partial charge is 0.474 e. The molecule has 1 heterocycles. The van der Waals surface area contributed by atoms with Gasteiger partial charge in [0.15, 0.2) is 0 Å². The fourth-order valence-electron chi connectivity index (χ4n) is 2.44. The van der Waals surface area contributed by atoms with Crippen LogP contribution in [0.5, 0.6) is 0 Å². The molecule has 0 fully saturated rings. The monoisotopic (exact) mass is 366 g/mol. The number of imidazole rings is 1. The lowest BCUT2D eigenvalue weighted by Gasteiger charge is -2.27. The van der Waals surface area contributed by atoms with Crippen molar-refractivity contribution in [3.63, 3.8) is 0 Å². The van der Waals surface area contributed by atoms with Crippen LogP contribution in [0.3, 0.4) is 0 Å². The molecule has 2 rings (SSSR count). The summed E-state index contributed by atoms with van der Waals surface area (Å²) < 4.78 is 0. The van der Waals surface area contributed by atoms with Crippen LogP contribution in [0.2, 0.25) is 0 Å². The molecular weight excluding hydrogens is 356 g/mol. The molecule has 136 valence electrons. The lowest BCUT2D eigenvalue weighted by atomic mass is 9.90. The lowest BCUT2D eigenvalue weighted by Crippen LogP contribution is -2.73. The zero-order chi connectivity index (χ0) is 19.5. The number of anilines is 1. The van der Waals surface area contributed by atoms with Crippen molar-refractivity contribution in [2.45, 2.75) is 11.3 Å². The Kier molecular flexibility index (Phi) is 4.51. The van der Waals surface area contributed by atoms with Gasteiger partial charge >= 0.3 is 17.3 Å². The van der Waals surface area contributed by atoms with Crippen LogP contribution in [0.25, 0.3) is 0 Å². The molecule has 0 saturated heterocycles. The summed E-state index contributed by atoms with van der Waals surface area (Å²) in [5.74, 6) is -2.44. The van der Waals surface area contributed by atoms with Crippen molar-refractivity contribution in [2.24, 2.45) is 0 Å². The number of hydrogen-bond acceptors (Lipinski definition) is 9. The van der Waals surface area contributed by atoms with E-state index in [0.717, 1.165) is 6.33 Å². The van der Waals surface area contributed by atoms with Gasteiger partial charge in [-0.05, 0) is 12.1 Å². The molecule has 2 aromatic rings. The van der Waals surface area contributed by atoms with E-state index in [-0.39, 0.29) is 5.69 Å². The number of nitro groups is 3. The predicted molar refractivity (Wildman–Crippen MR) is 81.7 cm³/mol. The number of nitrogens with one attached hydrogen (secondary N) is 2. The predicted octanol–water partition coefficient (Wildman–Crippen LogP) is 0.286. The first-order chi connectivity index (χ1) is 12.2. The van der Waals surface area contributed by atoms with Crippen molar-refractivity contribution in [3.05, 3.63) is 78.9 Å². The summed E-state index contributed by atoms with van der Waals surface area (Å²) in [6.07, 6.45) is 1.38. The molecule has 0 radical (unpaired) electrons. The van der Waals surface area contributed by atoms with Crippen molar-refractivity contribution in [1.29, 1.82) is 0 Å². The third kappa shape index (κ3) is 2.36. The SMILES string of the molecule is O=C(O)[C@](Nc1ccccc1)([N+](=O)[O-])C(c1cnc[nH]1)([N+](=O)[O-])[N+](=O)[O-]. The van der Waals surface area contributed by atoms with Crippen molar-refractivity contribution in [1.82, 2.24) is 9.97 Å². The Labute approximate surface area is 142 Å². The van der Waals surface area contributed by atoms with Gasteiger partial charge in [0, 0.05) is 5.69 Å². The molecule has 1 aromatic carbocycles. The zero-order valence-electron chi connectivity index (χ0n) is 12.6. The Morgan fingerprint density at radius 1 is 1.08 bits per heavy atom. The van der Waals surface area contributed by atoms with Gasteiger partial charge in [0.1, 0.15) is 9.85 Å². The fourth-order valence-corrected chi connectivity index (χ4v) is 2.44. The molecule has 0 amide bonds. The average Bonchev–Trinajstić information content (AvgIpc) is 3.08. The van der Waals surface area contributed by atoms with Crippen molar-refractivity contribution in [3.8, 4) is 0 Å². The van der Waals surface area contributed by atoms with Crippen molar-refractivity contribution >= 4 is 11.7 Å². The number of hydrogen-bond donors (Lipinski definition) is 3. The van der Waals surface area contributed by atoms with Crippen LogP contribution in [0, 0.1) is 30.3 Å². The third-order valence-electron chi connectivity index (χ3n) is 3.59. The van der Waals surface area contributed by atoms with Gasteiger partial charge in [0.25, 0.3) is 0 Å². The summed E-state index contributed by atoms with van der Waals surface area (Å²) in [5.41, 5.74) is -9.09. The van der Waals surface area contributed by atoms with E-state index >= 15 is 0 Å². The molecule has 1 aromatic heterocycles. The molecule has 0 bridgehead atoms. The standard InChI is InChI=1S/C12H10N6O8/c19-10(20)11(16(21)22,15-8-4-2-1-3-5-8)12(17(23)24,18(25)26)9-6-13-7-14-9/h1-7,15H,(H,13,14)(H,19,20)/t11-/m0/s1. The molecule has 0 unspecified atom stereocenters. The first kappa shape index (κ1) is 18.2. The highest BCUT2D eigenvalue weighted by Crippen LogP contribution is 2.39. The van der Waals surface area contributed by atoms with Gasteiger partial charge in [-0.15, -0.1) is 0 Å². The Morgan fingerprint density at radius 3 is 2.04 bits per heavy atom. The van der Waals surface area contributed by atoms with Gasteiger partial charge in [-0.25, -0.2) is 9.78 Å². The number of carbonyl (C=O) groups is 1. The maximum absolute atomic E-state index is 11.9. The van der Waals surface area contributed by atoms with E-state index in [9.17, 15) is 40.2 Å². The van der Waals surface area contributed by atoms with Crippen LogP contribution in [-0.4, -0.2) is 41.5 Å². The van der Waals surface area contributed by atoms with Crippen LogP contribution in [0.4, 0.5) is 5.69 Å². The van der Waals surface area contributed by atoms with Gasteiger partial charge in [-0.1, -0.05) is 18.2 Å². The minimum atomic E-state index is -3.95. The van der Waals surface area contributed by atoms with Crippen molar-refractivity contribution < 1.29 is 24.7 Å². The summed E-state index contributed by atoms with van der Waals surface area (Å²) in [4.78, 5) is 47.6. The minimum Gasteiger partial charge on any atom is -0.474 e. The highest BCUT2D eigenvalue weighted by molar-refractivity contribution is 5.82. The van der Waals surface area contributed by atoms with E-state index in [1.165, 1.54) is 30.3 Å². The highest BCUT2D eigenvalue weighted by atomic mass is 16.7. The molecule has 0 aliphatic rings. The molecule has 14 nitrogen and oxygen atoms in total. The maximum atomic E-state index is 11.9. The zero-order valence-corrected chi connectivity index (χ0v) is 12.6. The van der Waals surface area contributed by atoms with E-state index in [4.69, 9.17) is 0 Å². The largest absolute Gasteiger partial charge is 0.599 e. The minimum absolute atomic E-state index is 0.251. The number of rotatable bonds is 8. The second-order valence-electron chi connectivity index (χ2n) is 4.92. The van der Waals surface area contributed by atoms with E-state index in [2.05, 4.69) is 4.98 Å². The van der Waals surface area contributed by atoms with Gasteiger partial charge in [-0.3, -0.25) is 35.7 Å². The van der Waals surface area contributed by atoms with Gasteiger partial charge in [0.2, 0.25) is 5.69 Å². The van der Waals surface area contributed by atoms with Gasteiger partial charge in [-0.2, -0.15) is 0 Å². The number of benzene rings is 1. The van der Waals surface area contributed by atoms with Gasteiger partial charge < -0.3 is 10.1 Å². The van der Waals surface area contributed by atoms with E-state index in [1.807, 2.05) is 10.3 Å². The third-order valence-corrected chi connectivity index (χ3v) is 3.59. The number of carboxylic acid groups (broad SMARTS) is 1. The first-order valence-electron chi connectivity index (χ1n) is 6.70. The summed E-state index contributed by atoms with van der Waals surface area (Å²) in [6, 6.07) is 6.52. The number of carboxylic acids is 1. The number of H-pyrrole nitrogens is 1. The van der Waals surface area contributed by atoms with Crippen LogP contribution in [-0.2, 0) is 10.5 Å². The first-order valence-corrected chi connectivity index (χ1v) is 6.70. The molecule has 14 heteroatoms. The average molecular weight is 366 g/mol. The molecular formula is C12H10N6O8. The van der Waals surface area contributed by atoms with Gasteiger partial charge in [0.05, 0.1) is 17.4 Å². The molecule has 0 aliphatic heterocycles. The highest BCUT2D eigenvalue weighted by Gasteiger charge is 2.89. The van der Waals surface area contributed by atoms with E-state index < -0.39 is 37.8 Å². The topological polar surface area (TPSA) is 207 Å². The molecule has 0 saturated carbocycles. The number of aliphatic carboxylic acids is 1. The maximum Gasteiger partial charge on any atom is 0.599 e. The normalized spacial score (nSPS) is 13.4. The molecule has 26 heavy (non-hydrogen) atoms. The van der Waals surface area contributed by atoms with Crippen LogP contribution in [0.15, 0.2) is 42.9 Å². The van der Waals surface area contributed by atoms with Crippen LogP contribution < -0.4 is 5.32 Å². The molecule has 0 aliphatic carbocycles. The number of aromatic amines is 1. The van der Waals surface area contributed by atoms with E-state index in [1.54, 1.807) is 0 Å². The van der Waals surface area contributed by atoms with Crippen molar-refractivity contribution in [2.75, 3.05) is 5.32 Å². The Hall–Kier alpha value is -4.10. The second kappa shape index (κ2) is 6.42. The molecule has 1 atom stereocenters. The Bertz CT molecular complexity index is 824. The summed E-state index contributed by atoms with van der Waals surface area (Å²) in [5, 5.41) is 46.6. The quantitative estimate of drug-likeness (QED) is 0.330. The fraction of sp³-hybridized carbons (Fsp3) is 0.167. The van der Waals surface area contributed by atoms with E-state index in [0.29, 0.717) is 6.20 Å². The lowest BCUT2D eigenvalue weighted by molar-refractivity contribution is -0.856. The second-order valence-corrected chi connectivity index (χ2v) is 4.92. The van der Waals surface area contributed by atoms with Crippen LogP contribution >= 0.6 is 0 Å². The summed E-state index contributed by atoms with van der Waals surface area (Å²) in [7, 11) is 0. The summed E-state index contributed by atoms with van der Waals surface area (Å²) in [6.45, 7) is 0. The number of nitrogens with zero attached hydrogens (tertiary/aromatic N) is 4. The molecule has 3 N–H and O–H groups in total. The summed E-state index contributed by atoms with van der Waals surface area (Å²) >= 11 is 0. The van der Waals surface area contributed by atoms with Crippen LogP contribution in [0.1, 0.15) is 5.69 Å². The Balaban J connectivity index is 2.91. The number of para-hydroxylation sites is 1. The molecule has 0 spiro atoms. The number of aromatic nitrogens is 2. The Morgan fingerprint density at radius 2 is 1.65 bits per heavy atom.